The summed E-state index contributed by atoms with van der Waals surface area (Å²) < 4.78 is 56.3. The summed E-state index contributed by atoms with van der Waals surface area (Å²) >= 11 is 0. The molecule has 0 amide bonds. The van der Waals surface area contributed by atoms with Crippen molar-refractivity contribution in [3.05, 3.63) is 29.6 Å². The smallest absolute Gasteiger partial charge is 0.391 e. The van der Waals surface area contributed by atoms with Crippen LogP contribution in [-0.4, -0.2) is 18.4 Å². The number of halogens is 4. The normalized spacial score (nSPS) is 27.4. The van der Waals surface area contributed by atoms with Gasteiger partial charge < -0.3 is 9.84 Å². The second kappa shape index (κ2) is 5.24. The lowest BCUT2D eigenvalue weighted by Gasteiger charge is -2.37. The van der Waals surface area contributed by atoms with Gasteiger partial charge in [-0.3, -0.25) is 0 Å². The van der Waals surface area contributed by atoms with E-state index in [9.17, 15) is 22.7 Å². The van der Waals surface area contributed by atoms with Crippen molar-refractivity contribution in [3.63, 3.8) is 0 Å². The van der Waals surface area contributed by atoms with E-state index in [0.29, 0.717) is 5.75 Å². The molecule has 0 atom stereocenters. The minimum absolute atomic E-state index is 0.0585. The highest BCUT2D eigenvalue weighted by atomic mass is 19.4. The Morgan fingerprint density at radius 1 is 1.25 bits per heavy atom. The molecule has 1 N–H and O–H groups in total. The van der Waals surface area contributed by atoms with Gasteiger partial charge in [-0.1, -0.05) is 0 Å². The molecule has 2 nitrogen and oxygen atoms in total. The number of ether oxygens (including phenoxy) is 1. The monoisotopic (exact) mass is 292 g/mol. The third-order valence-electron chi connectivity index (χ3n) is 3.94. The molecule has 1 aromatic rings. The molecular formula is C14H16F4O2. The SMILES string of the molecule is COc1ccc(F)cc1C1(O)CCC(C(F)(F)F)CC1. The van der Waals surface area contributed by atoms with Crippen molar-refractivity contribution in [2.24, 2.45) is 5.92 Å². The van der Waals surface area contributed by atoms with E-state index < -0.39 is 23.5 Å². The third-order valence-corrected chi connectivity index (χ3v) is 3.94. The second-order valence-corrected chi connectivity index (χ2v) is 5.19. The van der Waals surface area contributed by atoms with Gasteiger partial charge in [0.05, 0.1) is 18.6 Å². The highest BCUT2D eigenvalue weighted by molar-refractivity contribution is 5.38. The maximum absolute atomic E-state index is 13.3. The molecule has 0 radical (unpaired) electrons. The molecule has 2 rings (SSSR count). The van der Waals surface area contributed by atoms with Gasteiger partial charge in [-0.05, 0) is 43.9 Å². The quantitative estimate of drug-likeness (QED) is 0.841. The first-order chi connectivity index (χ1) is 9.26. The van der Waals surface area contributed by atoms with Crippen LogP contribution in [0.2, 0.25) is 0 Å². The Morgan fingerprint density at radius 3 is 2.35 bits per heavy atom. The predicted octanol–water partition coefficient (Wildman–Crippen LogP) is 3.77. The zero-order valence-electron chi connectivity index (χ0n) is 11.0. The number of benzene rings is 1. The van der Waals surface area contributed by atoms with Crippen LogP contribution in [0.3, 0.4) is 0 Å². The fraction of sp³-hybridized carbons (Fsp3) is 0.571. The van der Waals surface area contributed by atoms with Crippen molar-refractivity contribution in [3.8, 4) is 5.75 Å². The van der Waals surface area contributed by atoms with E-state index in [-0.39, 0.29) is 31.2 Å². The highest BCUT2D eigenvalue weighted by Crippen LogP contribution is 2.47. The lowest BCUT2D eigenvalue weighted by molar-refractivity contribution is -0.193. The van der Waals surface area contributed by atoms with Gasteiger partial charge in [0.1, 0.15) is 11.6 Å². The maximum atomic E-state index is 13.3. The topological polar surface area (TPSA) is 29.5 Å². The van der Waals surface area contributed by atoms with E-state index in [0.717, 1.165) is 6.07 Å². The Labute approximate surface area is 114 Å². The summed E-state index contributed by atoms with van der Waals surface area (Å²) in [6, 6.07) is 3.69. The Morgan fingerprint density at radius 2 is 1.85 bits per heavy atom. The summed E-state index contributed by atoms with van der Waals surface area (Å²) in [6.07, 6.45) is -4.69. The molecule has 1 fully saturated rings. The summed E-state index contributed by atoms with van der Waals surface area (Å²) in [7, 11) is 1.38. The molecular weight excluding hydrogens is 276 g/mol. The Balaban J connectivity index is 2.24. The average molecular weight is 292 g/mol. The van der Waals surface area contributed by atoms with Crippen molar-refractivity contribution < 1.29 is 27.4 Å². The summed E-state index contributed by atoms with van der Waals surface area (Å²) in [5, 5.41) is 10.5. The standard InChI is InChI=1S/C14H16F4O2/c1-20-12-3-2-10(15)8-11(12)13(19)6-4-9(5-7-13)14(16,17)18/h2-3,8-9,19H,4-7H2,1H3. The van der Waals surface area contributed by atoms with Gasteiger partial charge in [0.25, 0.3) is 0 Å². The van der Waals surface area contributed by atoms with Crippen molar-refractivity contribution in [1.82, 2.24) is 0 Å². The van der Waals surface area contributed by atoms with Crippen LogP contribution >= 0.6 is 0 Å². The molecule has 1 aliphatic rings. The van der Waals surface area contributed by atoms with E-state index in [1.807, 2.05) is 0 Å². The molecule has 1 aliphatic carbocycles. The molecule has 0 aromatic heterocycles. The largest absolute Gasteiger partial charge is 0.496 e. The van der Waals surface area contributed by atoms with Gasteiger partial charge in [-0.15, -0.1) is 0 Å². The summed E-state index contributed by atoms with van der Waals surface area (Å²) in [4.78, 5) is 0. The molecule has 0 spiro atoms. The average Bonchev–Trinajstić information content (AvgIpc) is 2.38. The Hall–Kier alpha value is -1.30. The summed E-state index contributed by atoms with van der Waals surface area (Å²) in [6.45, 7) is 0. The fourth-order valence-electron chi connectivity index (χ4n) is 2.74. The molecule has 0 heterocycles. The fourth-order valence-corrected chi connectivity index (χ4v) is 2.74. The molecule has 1 saturated carbocycles. The van der Waals surface area contributed by atoms with Gasteiger partial charge in [0.2, 0.25) is 0 Å². The van der Waals surface area contributed by atoms with Gasteiger partial charge in [0.15, 0.2) is 0 Å². The van der Waals surface area contributed by atoms with Crippen molar-refractivity contribution in [2.75, 3.05) is 7.11 Å². The van der Waals surface area contributed by atoms with Crippen LogP contribution in [0.25, 0.3) is 0 Å². The van der Waals surface area contributed by atoms with E-state index >= 15 is 0 Å². The molecule has 0 bridgehead atoms. The maximum Gasteiger partial charge on any atom is 0.391 e. The first-order valence-electron chi connectivity index (χ1n) is 6.39. The summed E-state index contributed by atoms with van der Waals surface area (Å²) in [5.41, 5.74) is -1.24. The second-order valence-electron chi connectivity index (χ2n) is 5.19. The van der Waals surface area contributed by atoms with Crippen molar-refractivity contribution in [2.45, 2.75) is 37.5 Å². The number of hydrogen-bond donors (Lipinski definition) is 1. The zero-order chi connectivity index (χ0) is 15.0. The molecule has 6 heteroatoms. The molecule has 0 saturated heterocycles. The van der Waals surface area contributed by atoms with Crippen molar-refractivity contribution >= 4 is 0 Å². The van der Waals surface area contributed by atoms with E-state index in [1.165, 1.54) is 19.2 Å². The van der Waals surface area contributed by atoms with Gasteiger partial charge in [-0.2, -0.15) is 13.2 Å². The molecule has 20 heavy (non-hydrogen) atoms. The third kappa shape index (κ3) is 2.90. The van der Waals surface area contributed by atoms with Gasteiger partial charge in [0, 0.05) is 5.56 Å². The number of alkyl halides is 3. The number of aliphatic hydroxyl groups is 1. The van der Waals surface area contributed by atoms with Crippen LogP contribution in [0.1, 0.15) is 31.2 Å². The lowest BCUT2D eigenvalue weighted by atomic mass is 9.74. The van der Waals surface area contributed by atoms with Gasteiger partial charge >= 0.3 is 6.18 Å². The number of methoxy groups -OCH3 is 1. The van der Waals surface area contributed by atoms with Crippen LogP contribution in [0.15, 0.2) is 18.2 Å². The first kappa shape index (κ1) is 15.1. The Bertz CT molecular complexity index is 477. The van der Waals surface area contributed by atoms with Crippen LogP contribution in [0, 0.1) is 11.7 Å². The van der Waals surface area contributed by atoms with Crippen LogP contribution in [0.4, 0.5) is 17.6 Å². The van der Waals surface area contributed by atoms with E-state index in [2.05, 4.69) is 0 Å². The van der Waals surface area contributed by atoms with Crippen LogP contribution in [0.5, 0.6) is 5.75 Å². The minimum atomic E-state index is -4.24. The van der Waals surface area contributed by atoms with E-state index in [4.69, 9.17) is 4.74 Å². The Kier molecular flexibility index (Phi) is 3.95. The predicted molar refractivity (Wildman–Crippen MR) is 64.9 cm³/mol. The molecule has 112 valence electrons. The van der Waals surface area contributed by atoms with Crippen LogP contribution in [-0.2, 0) is 5.60 Å². The molecule has 0 aliphatic heterocycles. The number of rotatable bonds is 2. The molecule has 0 unspecified atom stereocenters. The van der Waals surface area contributed by atoms with Gasteiger partial charge in [-0.25, -0.2) is 4.39 Å². The highest BCUT2D eigenvalue weighted by Gasteiger charge is 2.46. The first-order valence-corrected chi connectivity index (χ1v) is 6.39. The summed E-state index contributed by atoms with van der Waals surface area (Å²) in [5.74, 6) is -1.66. The molecule has 1 aromatic carbocycles. The van der Waals surface area contributed by atoms with Crippen molar-refractivity contribution in [1.29, 1.82) is 0 Å². The number of hydrogen-bond acceptors (Lipinski definition) is 2. The minimum Gasteiger partial charge on any atom is -0.496 e. The van der Waals surface area contributed by atoms with E-state index in [1.54, 1.807) is 0 Å². The zero-order valence-corrected chi connectivity index (χ0v) is 11.0. The van der Waals surface area contributed by atoms with Crippen LogP contribution < -0.4 is 4.74 Å². The lowest BCUT2D eigenvalue weighted by Crippen LogP contribution is -2.36.